The number of fused-ring (bicyclic) bond motifs is 5. The van der Waals surface area contributed by atoms with E-state index in [9.17, 15) is 5.26 Å². The first-order valence-corrected chi connectivity index (χ1v) is 9.15. The van der Waals surface area contributed by atoms with Gasteiger partial charge in [-0.1, -0.05) is 19.9 Å². The van der Waals surface area contributed by atoms with Crippen molar-refractivity contribution < 1.29 is 4.74 Å². The second-order valence-electron chi connectivity index (χ2n) is 8.28. The van der Waals surface area contributed by atoms with E-state index >= 15 is 0 Å². The van der Waals surface area contributed by atoms with Gasteiger partial charge in [-0.25, -0.2) is 0 Å². The Morgan fingerprint density at radius 1 is 1.30 bits per heavy atom. The van der Waals surface area contributed by atoms with Gasteiger partial charge in [0, 0.05) is 5.92 Å². The van der Waals surface area contributed by atoms with E-state index in [0.29, 0.717) is 17.3 Å². The van der Waals surface area contributed by atoms with Crippen LogP contribution >= 0.6 is 0 Å². The highest BCUT2D eigenvalue weighted by Crippen LogP contribution is 2.64. The molecule has 1 aromatic carbocycles. The van der Waals surface area contributed by atoms with Crippen LogP contribution in [0.5, 0.6) is 5.75 Å². The zero-order valence-electron chi connectivity index (χ0n) is 14.5. The summed E-state index contributed by atoms with van der Waals surface area (Å²) in [4.78, 5) is 0. The van der Waals surface area contributed by atoms with E-state index in [2.05, 4.69) is 38.1 Å². The molecule has 0 bridgehead atoms. The topological polar surface area (TPSA) is 33.0 Å². The van der Waals surface area contributed by atoms with Crippen molar-refractivity contribution in [3.8, 4) is 11.8 Å². The number of hydrogen-bond donors (Lipinski definition) is 0. The standard InChI is InChI=1S/C21H27NO/c1-13-15(12-22)10-20-18-7-5-14-4-6-16(23-3)11-19(14)17(18)8-9-21(13,20)2/h4,6,11,13,15,17-18,20H,5,7-10H2,1-3H3. The number of nitrogens with zero attached hydrogens (tertiary/aromatic N) is 1. The second kappa shape index (κ2) is 5.26. The fourth-order valence-corrected chi connectivity index (χ4v) is 6.13. The van der Waals surface area contributed by atoms with Gasteiger partial charge in [0.1, 0.15) is 5.75 Å². The van der Waals surface area contributed by atoms with Gasteiger partial charge >= 0.3 is 0 Å². The van der Waals surface area contributed by atoms with Crippen LogP contribution in [0.25, 0.3) is 0 Å². The van der Waals surface area contributed by atoms with E-state index in [1.54, 1.807) is 7.11 Å². The molecule has 0 aromatic heterocycles. The van der Waals surface area contributed by atoms with Crippen LogP contribution in [-0.4, -0.2) is 7.11 Å². The van der Waals surface area contributed by atoms with Gasteiger partial charge in [0.2, 0.25) is 0 Å². The zero-order valence-corrected chi connectivity index (χ0v) is 14.5. The fourth-order valence-electron chi connectivity index (χ4n) is 6.13. The van der Waals surface area contributed by atoms with Crippen LogP contribution in [-0.2, 0) is 6.42 Å². The van der Waals surface area contributed by atoms with Crippen LogP contribution in [0.15, 0.2) is 18.2 Å². The summed E-state index contributed by atoms with van der Waals surface area (Å²) in [7, 11) is 1.76. The molecular weight excluding hydrogens is 282 g/mol. The van der Waals surface area contributed by atoms with Gasteiger partial charge in [-0.3, -0.25) is 0 Å². The molecule has 0 spiro atoms. The van der Waals surface area contributed by atoms with Gasteiger partial charge in [-0.15, -0.1) is 0 Å². The van der Waals surface area contributed by atoms with E-state index in [1.165, 1.54) is 36.8 Å². The van der Waals surface area contributed by atoms with Crippen molar-refractivity contribution in [2.75, 3.05) is 7.11 Å². The Morgan fingerprint density at radius 3 is 2.87 bits per heavy atom. The maximum Gasteiger partial charge on any atom is 0.119 e. The summed E-state index contributed by atoms with van der Waals surface area (Å²) < 4.78 is 5.47. The van der Waals surface area contributed by atoms with Crippen molar-refractivity contribution in [2.24, 2.45) is 29.1 Å². The Morgan fingerprint density at radius 2 is 2.13 bits per heavy atom. The van der Waals surface area contributed by atoms with Crippen LogP contribution < -0.4 is 4.74 Å². The smallest absolute Gasteiger partial charge is 0.119 e. The lowest BCUT2D eigenvalue weighted by Crippen LogP contribution is -2.41. The van der Waals surface area contributed by atoms with E-state index in [1.807, 2.05) is 0 Å². The summed E-state index contributed by atoms with van der Waals surface area (Å²) in [5.41, 5.74) is 3.44. The summed E-state index contributed by atoms with van der Waals surface area (Å²) >= 11 is 0. The number of nitriles is 1. The maximum atomic E-state index is 9.55. The first kappa shape index (κ1) is 15.1. The van der Waals surface area contributed by atoms with Crippen molar-refractivity contribution in [2.45, 2.75) is 51.9 Å². The molecule has 0 N–H and O–H groups in total. The lowest BCUT2D eigenvalue weighted by Gasteiger charge is -2.50. The van der Waals surface area contributed by atoms with Crippen LogP contribution in [0.3, 0.4) is 0 Å². The van der Waals surface area contributed by atoms with E-state index in [-0.39, 0.29) is 5.92 Å². The molecule has 4 rings (SSSR count). The van der Waals surface area contributed by atoms with Crippen LogP contribution in [0.1, 0.15) is 56.6 Å². The van der Waals surface area contributed by atoms with Crippen molar-refractivity contribution in [1.82, 2.24) is 0 Å². The molecule has 3 aliphatic carbocycles. The average molecular weight is 309 g/mol. The second-order valence-corrected chi connectivity index (χ2v) is 8.28. The predicted molar refractivity (Wildman–Crippen MR) is 91.3 cm³/mol. The largest absolute Gasteiger partial charge is 0.497 e. The fraction of sp³-hybridized carbons (Fsp3) is 0.667. The normalized spacial score (nSPS) is 41.4. The van der Waals surface area contributed by atoms with Gasteiger partial charge in [0.15, 0.2) is 0 Å². The molecule has 1 aromatic rings. The first-order chi connectivity index (χ1) is 11.1. The molecule has 0 amide bonds. The summed E-state index contributed by atoms with van der Waals surface area (Å²) in [5.74, 6) is 3.96. The molecular formula is C21H27NO. The minimum absolute atomic E-state index is 0.260. The van der Waals surface area contributed by atoms with E-state index in [4.69, 9.17) is 4.74 Å². The third-order valence-electron chi connectivity index (χ3n) is 7.69. The first-order valence-electron chi connectivity index (χ1n) is 9.15. The third kappa shape index (κ3) is 2.05. The zero-order chi connectivity index (χ0) is 16.2. The van der Waals surface area contributed by atoms with Crippen molar-refractivity contribution in [3.05, 3.63) is 29.3 Å². The SMILES string of the molecule is COc1ccc2c(c1)C1CCC3(C)C(C)C(C#N)CC3C1CC2. The Hall–Kier alpha value is -1.49. The molecule has 2 saturated carbocycles. The van der Waals surface area contributed by atoms with Crippen LogP contribution in [0.4, 0.5) is 0 Å². The van der Waals surface area contributed by atoms with Crippen molar-refractivity contribution in [3.63, 3.8) is 0 Å². The number of hydrogen-bond acceptors (Lipinski definition) is 2. The number of ether oxygens (including phenoxy) is 1. The molecule has 0 heterocycles. The van der Waals surface area contributed by atoms with Gasteiger partial charge < -0.3 is 4.74 Å². The number of aryl methyl sites for hydroxylation is 1. The Kier molecular flexibility index (Phi) is 3.45. The Balaban J connectivity index is 1.71. The number of rotatable bonds is 1. The predicted octanol–water partition coefficient (Wildman–Crippen LogP) is 4.94. The van der Waals surface area contributed by atoms with Gasteiger partial charge in [0.25, 0.3) is 0 Å². The summed E-state index contributed by atoms with van der Waals surface area (Å²) in [6.07, 6.45) is 6.16. The highest BCUT2D eigenvalue weighted by molar-refractivity contribution is 5.41. The minimum atomic E-state index is 0.260. The van der Waals surface area contributed by atoms with Gasteiger partial charge in [-0.05, 0) is 84.5 Å². The highest BCUT2D eigenvalue weighted by atomic mass is 16.5. The summed E-state index contributed by atoms with van der Waals surface area (Å²) in [6.45, 7) is 4.80. The Bertz CT molecular complexity index is 660. The molecule has 0 saturated heterocycles. The minimum Gasteiger partial charge on any atom is -0.497 e. The van der Waals surface area contributed by atoms with Crippen molar-refractivity contribution >= 4 is 0 Å². The van der Waals surface area contributed by atoms with Gasteiger partial charge in [0.05, 0.1) is 13.2 Å². The molecule has 2 fully saturated rings. The summed E-state index contributed by atoms with van der Waals surface area (Å²) in [5, 5.41) is 9.55. The molecule has 122 valence electrons. The summed E-state index contributed by atoms with van der Waals surface area (Å²) in [6, 6.07) is 9.27. The quantitative estimate of drug-likeness (QED) is 0.736. The average Bonchev–Trinajstić information content (AvgIpc) is 2.85. The number of benzene rings is 1. The van der Waals surface area contributed by atoms with Crippen molar-refractivity contribution in [1.29, 1.82) is 5.26 Å². The molecule has 0 radical (unpaired) electrons. The Labute approximate surface area is 139 Å². The highest BCUT2D eigenvalue weighted by Gasteiger charge is 2.56. The van der Waals surface area contributed by atoms with Gasteiger partial charge in [-0.2, -0.15) is 5.26 Å². The monoisotopic (exact) mass is 309 g/mol. The molecule has 3 aliphatic rings. The third-order valence-corrected chi connectivity index (χ3v) is 7.69. The van der Waals surface area contributed by atoms with Crippen LogP contribution in [0, 0.1) is 40.4 Å². The van der Waals surface area contributed by atoms with E-state index in [0.717, 1.165) is 24.0 Å². The molecule has 23 heavy (non-hydrogen) atoms. The molecule has 0 aliphatic heterocycles. The lowest BCUT2D eigenvalue weighted by molar-refractivity contribution is 0.0325. The number of methoxy groups -OCH3 is 1. The maximum absolute atomic E-state index is 9.55. The van der Waals surface area contributed by atoms with E-state index < -0.39 is 0 Å². The molecule has 6 atom stereocenters. The molecule has 2 nitrogen and oxygen atoms in total. The lowest BCUT2D eigenvalue weighted by atomic mass is 9.54. The molecule has 6 unspecified atom stereocenters. The molecule has 2 heteroatoms. The van der Waals surface area contributed by atoms with Crippen LogP contribution in [0.2, 0.25) is 0 Å².